The summed E-state index contributed by atoms with van der Waals surface area (Å²) in [6.45, 7) is 1.37. The van der Waals surface area contributed by atoms with Gasteiger partial charge in [0.25, 0.3) is 0 Å². The molecular formula is C15H20N4O2S. The van der Waals surface area contributed by atoms with Crippen molar-refractivity contribution in [3.8, 4) is 0 Å². The zero-order valence-electron chi connectivity index (χ0n) is 12.1. The smallest absolute Gasteiger partial charge is 0.238 e. The van der Waals surface area contributed by atoms with E-state index in [2.05, 4.69) is 5.32 Å². The Morgan fingerprint density at radius 1 is 1.00 bits per heavy atom. The van der Waals surface area contributed by atoms with E-state index in [1.54, 1.807) is 24.3 Å². The number of nitrogen functional groups attached to an aromatic ring is 2. The molecule has 0 amide bonds. The molecule has 0 aliphatic carbocycles. The second kappa shape index (κ2) is 6.78. The van der Waals surface area contributed by atoms with Gasteiger partial charge in [0.2, 0.25) is 10.0 Å². The summed E-state index contributed by atoms with van der Waals surface area (Å²) in [7, 11) is -3.63. The normalized spacial score (nSPS) is 11.5. The fourth-order valence-corrected chi connectivity index (χ4v) is 2.60. The van der Waals surface area contributed by atoms with E-state index in [9.17, 15) is 8.42 Å². The van der Waals surface area contributed by atoms with E-state index in [1.165, 1.54) is 12.1 Å². The van der Waals surface area contributed by atoms with Gasteiger partial charge in [0.05, 0.1) is 4.90 Å². The standard InChI is InChI=1S/C15H20N4O2S/c16-13-3-6-15(17)12(9-13)10-19-8-7-11-1-4-14(5-2-11)22(18,20)21/h1-6,9,19H,7-8,10,16-17H2,(H2,18,20,21). The summed E-state index contributed by atoms with van der Waals surface area (Å²) in [5, 5.41) is 8.34. The maximum Gasteiger partial charge on any atom is 0.238 e. The molecule has 0 heterocycles. The van der Waals surface area contributed by atoms with Crippen molar-refractivity contribution >= 4 is 21.4 Å². The van der Waals surface area contributed by atoms with Gasteiger partial charge in [-0.25, -0.2) is 13.6 Å². The molecule has 2 aromatic carbocycles. The highest BCUT2D eigenvalue weighted by Gasteiger charge is 2.06. The van der Waals surface area contributed by atoms with Crippen molar-refractivity contribution in [1.82, 2.24) is 5.32 Å². The molecule has 0 bridgehead atoms. The van der Waals surface area contributed by atoms with Crippen molar-refractivity contribution in [1.29, 1.82) is 0 Å². The molecule has 0 saturated heterocycles. The van der Waals surface area contributed by atoms with Gasteiger partial charge >= 0.3 is 0 Å². The molecule has 22 heavy (non-hydrogen) atoms. The SMILES string of the molecule is Nc1ccc(N)c(CNCCc2ccc(S(N)(=O)=O)cc2)c1. The van der Waals surface area contributed by atoms with E-state index in [1.807, 2.05) is 6.07 Å². The predicted octanol–water partition coefficient (Wildman–Crippen LogP) is 0.831. The van der Waals surface area contributed by atoms with Crippen LogP contribution in [-0.2, 0) is 23.0 Å². The predicted molar refractivity (Wildman–Crippen MR) is 88.5 cm³/mol. The molecule has 0 unspecified atom stereocenters. The third-order valence-corrected chi connectivity index (χ3v) is 4.25. The summed E-state index contributed by atoms with van der Waals surface area (Å²) >= 11 is 0. The number of benzene rings is 2. The van der Waals surface area contributed by atoms with Crippen molar-refractivity contribution in [3.63, 3.8) is 0 Å². The fraction of sp³-hybridized carbons (Fsp3) is 0.200. The molecule has 6 nitrogen and oxygen atoms in total. The average molecular weight is 320 g/mol. The molecule has 2 aromatic rings. The van der Waals surface area contributed by atoms with Crippen molar-refractivity contribution in [3.05, 3.63) is 53.6 Å². The molecule has 7 N–H and O–H groups in total. The molecule has 2 rings (SSSR count). The van der Waals surface area contributed by atoms with Crippen LogP contribution in [0.15, 0.2) is 47.4 Å². The molecule has 0 radical (unpaired) electrons. The van der Waals surface area contributed by atoms with Crippen LogP contribution in [0.3, 0.4) is 0 Å². The van der Waals surface area contributed by atoms with Crippen LogP contribution in [-0.4, -0.2) is 15.0 Å². The second-order valence-corrected chi connectivity index (χ2v) is 6.64. The first-order valence-corrected chi connectivity index (χ1v) is 8.37. The highest BCUT2D eigenvalue weighted by Crippen LogP contribution is 2.15. The molecule has 0 fully saturated rings. The van der Waals surface area contributed by atoms with Gasteiger partial charge < -0.3 is 16.8 Å². The minimum absolute atomic E-state index is 0.122. The molecule has 0 aliphatic rings. The van der Waals surface area contributed by atoms with E-state index in [4.69, 9.17) is 16.6 Å². The van der Waals surface area contributed by atoms with Crippen LogP contribution in [0.2, 0.25) is 0 Å². The van der Waals surface area contributed by atoms with Gasteiger partial charge in [-0.3, -0.25) is 0 Å². The topological polar surface area (TPSA) is 124 Å². The van der Waals surface area contributed by atoms with Crippen LogP contribution >= 0.6 is 0 Å². The number of sulfonamides is 1. The zero-order valence-corrected chi connectivity index (χ0v) is 12.9. The van der Waals surface area contributed by atoms with E-state index < -0.39 is 10.0 Å². The van der Waals surface area contributed by atoms with Crippen LogP contribution in [0.1, 0.15) is 11.1 Å². The van der Waals surface area contributed by atoms with Gasteiger partial charge in [-0.2, -0.15) is 0 Å². The Morgan fingerprint density at radius 2 is 1.68 bits per heavy atom. The van der Waals surface area contributed by atoms with Crippen molar-refractivity contribution in [2.24, 2.45) is 5.14 Å². The van der Waals surface area contributed by atoms with E-state index in [-0.39, 0.29) is 4.90 Å². The molecule has 0 spiro atoms. The van der Waals surface area contributed by atoms with Gasteiger partial charge in [0.1, 0.15) is 0 Å². The molecular weight excluding hydrogens is 300 g/mol. The van der Waals surface area contributed by atoms with E-state index >= 15 is 0 Å². The Morgan fingerprint density at radius 3 is 2.32 bits per heavy atom. The Hall–Kier alpha value is -2.09. The molecule has 118 valence electrons. The number of nitrogens with two attached hydrogens (primary N) is 3. The summed E-state index contributed by atoms with van der Waals surface area (Å²) in [6, 6.07) is 12.0. The monoisotopic (exact) mass is 320 g/mol. The Kier molecular flexibility index (Phi) is 5.02. The largest absolute Gasteiger partial charge is 0.399 e. The number of hydrogen-bond donors (Lipinski definition) is 4. The quantitative estimate of drug-likeness (QED) is 0.463. The number of hydrogen-bond acceptors (Lipinski definition) is 5. The summed E-state index contributed by atoms with van der Waals surface area (Å²) in [5.41, 5.74) is 15.0. The maximum atomic E-state index is 11.2. The lowest BCUT2D eigenvalue weighted by atomic mass is 10.1. The summed E-state index contributed by atoms with van der Waals surface area (Å²) in [4.78, 5) is 0.122. The third-order valence-electron chi connectivity index (χ3n) is 3.32. The van der Waals surface area contributed by atoms with Crippen LogP contribution in [0.5, 0.6) is 0 Å². The molecule has 0 aromatic heterocycles. The van der Waals surface area contributed by atoms with Crippen LogP contribution in [0, 0.1) is 0 Å². The molecule has 0 saturated carbocycles. The van der Waals surface area contributed by atoms with Gasteiger partial charge in [-0.15, -0.1) is 0 Å². The lowest BCUT2D eigenvalue weighted by Gasteiger charge is -2.09. The highest BCUT2D eigenvalue weighted by atomic mass is 32.2. The lowest BCUT2D eigenvalue weighted by molar-refractivity contribution is 0.597. The van der Waals surface area contributed by atoms with Gasteiger partial charge in [0, 0.05) is 17.9 Å². The van der Waals surface area contributed by atoms with Crippen molar-refractivity contribution in [2.75, 3.05) is 18.0 Å². The van der Waals surface area contributed by atoms with Gasteiger partial charge in [-0.1, -0.05) is 12.1 Å². The minimum Gasteiger partial charge on any atom is -0.399 e. The number of rotatable bonds is 6. The number of anilines is 2. The fourth-order valence-electron chi connectivity index (χ4n) is 2.08. The summed E-state index contributed by atoms with van der Waals surface area (Å²) in [5.74, 6) is 0. The van der Waals surface area contributed by atoms with E-state index in [0.29, 0.717) is 17.9 Å². The molecule has 0 atom stereocenters. The van der Waals surface area contributed by atoms with Crippen LogP contribution in [0.4, 0.5) is 11.4 Å². The first-order chi connectivity index (χ1) is 10.4. The summed E-state index contributed by atoms with van der Waals surface area (Å²) in [6.07, 6.45) is 0.771. The van der Waals surface area contributed by atoms with Gasteiger partial charge in [-0.05, 0) is 54.4 Å². The first-order valence-electron chi connectivity index (χ1n) is 6.82. The lowest BCUT2D eigenvalue weighted by Crippen LogP contribution is -2.18. The Bertz CT molecular complexity index is 743. The van der Waals surface area contributed by atoms with Crippen LogP contribution < -0.4 is 21.9 Å². The Balaban J connectivity index is 1.85. The number of nitrogens with one attached hydrogen (secondary N) is 1. The maximum absolute atomic E-state index is 11.2. The molecule has 7 heteroatoms. The average Bonchev–Trinajstić information content (AvgIpc) is 2.46. The number of primary sulfonamides is 1. The molecule has 0 aliphatic heterocycles. The van der Waals surface area contributed by atoms with E-state index in [0.717, 1.165) is 24.1 Å². The zero-order chi connectivity index (χ0) is 16.2. The minimum atomic E-state index is -3.63. The first kappa shape index (κ1) is 16.3. The highest BCUT2D eigenvalue weighted by molar-refractivity contribution is 7.89. The third kappa shape index (κ3) is 4.45. The van der Waals surface area contributed by atoms with Crippen LogP contribution in [0.25, 0.3) is 0 Å². The second-order valence-electron chi connectivity index (χ2n) is 5.07. The Labute approximate surface area is 130 Å². The van der Waals surface area contributed by atoms with Crippen molar-refractivity contribution < 1.29 is 8.42 Å². The summed E-state index contributed by atoms with van der Waals surface area (Å²) < 4.78 is 22.3. The van der Waals surface area contributed by atoms with Gasteiger partial charge in [0.15, 0.2) is 0 Å². The van der Waals surface area contributed by atoms with Crippen molar-refractivity contribution in [2.45, 2.75) is 17.9 Å².